The van der Waals surface area contributed by atoms with E-state index in [-0.39, 0.29) is 19.3 Å². The third kappa shape index (κ3) is 6.12. The number of hydrogen-bond donors (Lipinski definition) is 2. The third-order valence-electron chi connectivity index (χ3n) is 6.48. The van der Waals surface area contributed by atoms with E-state index in [0.29, 0.717) is 41.0 Å². The predicted octanol–water partition coefficient (Wildman–Crippen LogP) is 5.01. The maximum Gasteiger partial charge on any atom is 0.121 e. The second-order valence-corrected chi connectivity index (χ2v) is 9.99. The Labute approximate surface area is 221 Å². The summed E-state index contributed by atoms with van der Waals surface area (Å²) in [5.74, 6) is 0.609. The van der Waals surface area contributed by atoms with E-state index >= 15 is 0 Å². The molecule has 8 heteroatoms. The Kier molecular flexibility index (Phi) is 8.40. The molecule has 0 saturated carbocycles. The van der Waals surface area contributed by atoms with Crippen LogP contribution in [0.4, 0.5) is 5.69 Å². The van der Waals surface area contributed by atoms with E-state index in [1.807, 2.05) is 48.5 Å². The van der Waals surface area contributed by atoms with Crippen LogP contribution in [-0.4, -0.2) is 54.5 Å². The van der Waals surface area contributed by atoms with Crippen LogP contribution in [-0.2, 0) is 5.60 Å². The van der Waals surface area contributed by atoms with Gasteiger partial charge in [-0.25, -0.2) is 0 Å². The Bertz CT molecular complexity index is 1210. The lowest BCUT2D eigenvalue weighted by molar-refractivity contribution is 0.0103. The minimum Gasteiger partial charge on any atom is -0.491 e. The number of hydrogen-bond acceptors (Lipinski definition) is 6. The largest absolute Gasteiger partial charge is 0.491 e. The van der Waals surface area contributed by atoms with Crippen molar-refractivity contribution in [1.82, 2.24) is 4.90 Å². The van der Waals surface area contributed by atoms with Crippen molar-refractivity contribution >= 4 is 28.9 Å². The highest BCUT2D eigenvalue weighted by molar-refractivity contribution is 6.33. The van der Waals surface area contributed by atoms with Crippen LogP contribution in [0.25, 0.3) is 0 Å². The summed E-state index contributed by atoms with van der Waals surface area (Å²) in [7, 11) is 0. The Hall–Kier alpha value is -2.79. The van der Waals surface area contributed by atoms with Crippen LogP contribution in [0.2, 0.25) is 10.0 Å². The molecule has 3 aromatic rings. The quantitative estimate of drug-likeness (QED) is 0.430. The average molecular weight is 526 g/mol. The number of nitriles is 1. The maximum absolute atomic E-state index is 11.3. The number of β-amino-alcohol motifs (C(OH)–C–C–N with tert-alkyl or cyclic N) is 1. The first kappa shape index (κ1) is 26.3. The van der Waals surface area contributed by atoms with Gasteiger partial charge in [-0.05, 0) is 54.4 Å². The van der Waals surface area contributed by atoms with Gasteiger partial charge in [-0.1, -0.05) is 47.5 Å². The molecule has 1 saturated heterocycles. The molecule has 0 bridgehead atoms. The number of piperazine rings is 1. The zero-order valence-corrected chi connectivity index (χ0v) is 21.6. The van der Waals surface area contributed by atoms with Crippen molar-refractivity contribution in [3.63, 3.8) is 0 Å². The van der Waals surface area contributed by atoms with Gasteiger partial charge >= 0.3 is 0 Å². The minimum atomic E-state index is -1.08. The Morgan fingerprint density at radius 2 is 1.78 bits per heavy atom. The van der Waals surface area contributed by atoms with Crippen LogP contribution in [0.5, 0.6) is 5.75 Å². The summed E-state index contributed by atoms with van der Waals surface area (Å²) >= 11 is 12.8. The molecule has 3 aromatic carbocycles. The van der Waals surface area contributed by atoms with Gasteiger partial charge in [0, 0.05) is 37.3 Å². The molecule has 0 amide bonds. The zero-order valence-electron chi connectivity index (χ0n) is 20.1. The SMILES string of the molecule is C[C@@](O)(CN1CCN(c2ccc(OCCO)cc2Cl)[C@H](c2ccc(Cl)cc2)C1)c1ccc(C#N)cc1. The molecule has 1 fully saturated rings. The second kappa shape index (κ2) is 11.5. The first-order valence-electron chi connectivity index (χ1n) is 11.8. The molecule has 2 N–H and O–H groups in total. The number of nitrogens with zero attached hydrogens (tertiary/aromatic N) is 3. The average Bonchev–Trinajstić information content (AvgIpc) is 2.88. The van der Waals surface area contributed by atoms with Crippen LogP contribution in [0.15, 0.2) is 66.7 Å². The first-order valence-corrected chi connectivity index (χ1v) is 12.6. The van der Waals surface area contributed by atoms with E-state index in [4.69, 9.17) is 38.3 Å². The highest BCUT2D eigenvalue weighted by atomic mass is 35.5. The van der Waals surface area contributed by atoms with Crippen molar-refractivity contribution < 1.29 is 14.9 Å². The van der Waals surface area contributed by atoms with Crippen LogP contribution < -0.4 is 9.64 Å². The molecule has 1 aliphatic heterocycles. The van der Waals surface area contributed by atoms with Gasteiger partial charge in [0.15, 0.2) is 0 Å². The Morgan fingerprint density at radius 3 is 2.42 bits per heavy atom. The zero-order chi connectivity index (χ0) is 25.7. The lowest BCUT2D eigenvalue weighted by Crippen LogP contribution is -2.52. The second-order valence-electron chi connectivity index (χ2n) is 9.14. The Balaban J connectivity index is 1.58. The van der Waals surface area contributed by atoms with Crippen LogP contribution in [0.3, 0.4) is 0 Å². The lowest BCUT2D eigenvalue weighted by Gasteiger charge is -2.45. The summed E-state index contributed by atoms with van der Waals surface area (Å²) in [4.78, 5) is 4.52. The summed E-state index contributed by atoms with van der Waals surface area (Å²) in [5, 5.41) is 30.7. The standard InChI is InChI=1S/C28H29Cl2N3O3/c1-28(35,22-6-2-20(17-31)3-7-22)19-32-12-13-33(27(18-32)21-4-8-23(29)9-5-21)26-11-10-24(16-25(26)30)36-15-14-34/h2-11,16,27,34-35H,12-15,18-19H2,1H3/t27-,28+/m0/s1. The molecule has 1 aliphatic rings. The molecule has 6 nitrogen and oxygen atoms in total. The molecule has 2 atom stereocenters. The number of aliphatic hydroxyl groups is 2. The van der Waals surface area contributed by atoms with Gasteiger partial charge in [0.05, 0.1) is 40.6 Å². The van der Waals surface area contributed by atoms with Crippen molar-refractivity contribution in [3.8, 4) is 11.8 Å². The summed E-state index contributed by atoms with van der Waals surface area (Å²) in [5.41, 5.74) is 2.25. The highest BCUT2D eigenvalue weighted by Gasteiger charge is 2.34. The predicted molar refractivity (Wildman–Crippen MR) is 143 cm³/mol. The summed E-state index contributed by atoms with van der Waals surface area (Å²) < 4.78 is 5.51. The molecular weight excluding hydrogens is 497 g/mol. The van der Waals surface area contributed by atoms with E-state index in [9.17, 15) is 5.11 Å². The van der Waals surface area contributed by atoms with Crippen molar-refractivity contribution in [2.45, 2.75) is 18.6 Å². The highest BCUT2D eigenvalue weighted by Crippen LogP contribution is 2.38. The minimum absolute atomic E-state index is 0.0190. The van der Waals surface area contributed by atoms with Gasteiger partial charge in [0.1, 0.15) is 12.4 Å². The molecule has 4 rings (SSSR count). The number of rotatable bonds is 8. The maximum atomic E-state index is 11.3. The Morgan fingerprint density at radius 1 is 1.06 bits per heavy atom. The van der Waals surface area contributed by atoms with Gasteiger partial charge in [-0.15, -0.1) is 0 Å². The van der Waals surface area contributed by atoms with Crippen molar-refractivity contribution in [2.24, 2.45) is 0 Å². The number of benzene rings is 3. The third-order valence-corrected chi connectivity index (χ3v) is 7.03. The number of ether oxygens (including phenoxy) is 1. The first-order chi connectivity index (χ1) is 17.3. The molecule has 0 aliphatic carbocycles. The lowest BCUT2D eigenvalue weighted by atomic mass is 9.93. The van der Waals surface area contributed by atoms with Crippen molar-refractivity contribution in [2.75, 3.05) is 44.3 Å². The van der Waals surface area contributed by atoms with Crippen molar-refractivity contribution in [3.05, 3.63) is 93.5 Å². The smallest absolute Gasteiger partial charge is 0.121 e. The number of halogens is 2. The molecule has 0 unspecified atom stereocenters. The van der Waals surface area contributed by atoms with Gasteiger partial charge < -0.3 is 19.8 Å². The van der Waals surface area contributed by atoms with Gasteiger partial charge in [-0.2, -0.15) is 5.26 Å². The van der Waals surface area contributed by atoms with E-state index < -0.39 is 5.60 Å². The molecule has 0 spiro atoms. The van der Waals surface area contributed by atoms with Crippen LogP contribution in [0.1, 0.15) is 29.7 Å². The fraction of sp³-hybridized carbons (Fsp3) is 0.321. The summed E-state index contributed by atoms with van der Waals surface area (Å²) in [6, 6.07) is 22.6. The molecule has 36 heavy (non-hydrogen) atoms. The molecule has 1 heterocycles. The van der Waals surface area contributed by atoms with E-state index in [2.05, 4.69) is 15.9 Å². The van der Waals surface area contributed by atoms with E-state index in [1.54, 1.807) is 25.1 Å². The summed E-state index contributed by atoms with van der Waals surface area (Å²) in [6.45, 7) is 4.50. The summed E-state index contributed by atoms with van der Waals surface area (Å²) in [6.07, 6.45) is 0. The fourth-order valence-corrected chi connectivity index (χ4v) is 5.05. The molecule has 0 radical (unpaired) electrons. The van der Waals surface area contributed by atoms with Gasteiger partial charge in [0.2, 0.25) is 0 Å². The topological polar surface area (TPSA) is 80.0 Å². The fourth-order valence-electron chi connectivity index (χ4n) is 4.65. The van der Waals surface area contributed by atoms with Crippen molar-refractivity contribution in [1.29, 1.82) is 5.26 Å². The normalized spacial score (nSPS) is 17.9. The van der Waals surface area contributed by atoms with E-state index in [0.717, 1.165) is 23.4 Å². The molecule has 188 valence electrons. The van der Waals surface area contributed by atoms with Gasteiger partial charge in [0.25, 0.3) is 0 Å². The number of anilines is 1. The van der Waals surface area contributed by atoms with Gasteiger partial charge in [-0.3, -0.25) is 4.90 Å². The molecular formula is C28H29Cl2N3O3. The number of aliphatic hydroxyl groups excluding tert-OH is 1. The molecule has 0 aromatic heterocycles. The van der Waals surface area contributed by atoms with E-state index in [1.165, 1.54) is 0 Å². The monoisotopic (exact) mass is 525 g/mol. The van der Waals surface area contributed by atoms with Crippen LogP contribution in [0, 0.1) is 11.3 Å². The van der Waals surface area contributed by atoms with Crippen LogP contribution >= 0.6 is 23.2 Å².